The Hall–Kier alpha value is -3.35. The lowest BCUT2D eigenvalue weighted by atomic mass is 9.51. The summed E-state index contributed by atoms with van der Waals surface area (Å²) in [5, 5.41) is 29.7. The Morgan fingerprint density at radius 3 is 2.43 bits per heavy atom. The Labute approximate surface area is 460 Å². The van der Waals surface area contributed by atoms with Gasteiger partial charge in [0.15, 0.2) is 17.5 Å². The second-order valence-corrected chi connectivity index (χ2v) is 30.3. The monoisotopic (exact) mass is 1070 g/mol. The van der Waals surface area contributed by atoms with E-state index in [2.05, 4.69) is 75.5 Å². The smallest absolute Gasteiger partial charge is 0.303 e. The summed E-state index contributed by atoms with van der Waals surface area (Å²) in [6, 6.07) is 13.1. The Balaban J connectivity index is 0.870. The van der Waals surface area contributed by atoms with Crippen LogP contribution in [0.15, 0.2) is 53.5 Å². The van der Waals surface area contributed by atoms with Crippen molar-refractivity contribution >= 4 is 39.4 Å². The van der Waals surface area contributed by atoms with Crippen LogP contribution in [0.3, 0.4) is 0 Å². The van der Waals surface area contributed by atoms with Gasteiger partial charge in [-0.1, -0.05) is 83.7 Å². The molecule has 2 aromatic carbocycles. The average molecular weight is 1070 g/mol. The average Bonchev–Trinajstić information content (AvgIpc) is 4.33. The Kier molecular flexibility index (Phi) is 12.8. The van der Waals surface area contributed by atoms with Crippen molar-refractivity contribution in [3.8, 4) is 11.5 Å². The second-order valence-electron chi connectivity index (χ2n) is 27.7. The molecule has 7 heterocycles. The Morgan fingerprint density at radius 2 is 1.62 bits per heavy atom. The zero-order valence-corrected chi connectivity index (χ0v) is 47.1. The topological polar surface area (TPSA) is 147 Å². The first-order chi connectivity index (χ1) is 36.8. The molecule has 7 aliphatic heterocycles. The molecule has 16 aliphatic rings. The number of nitrogens with two attached hydrogens (primary N) is 1. The van der Waals surface area contributed by atoms with Gasteiger partial charge in [-0.25, -0.2) is 0 Å². The maximum absolute atomic E-state index is 15.0. The number of aliphatic hydroxyl groups excluding tert-OH is 1. The van der Waals surface area contributed by atoms with Gasteiger partial charge in [0.1, 0.15) is 16.1 Å². The van der Waals surface area contributed by atoms with Gasteiger partial charge in [-0.3, -0.25) is 14.6 Å². The van der Waals surface area contributed by atoms with Crippen molar-refractivity contribution in [2.75, 3.05) is 18.8 Å². The molecular formula is C64H86N4O6S2. The number of phenolic OH excluding ortho intramolecular Hbond substituents is 1. The maximum atomic E-state index is 15.0. The molecule has 14 atom stereocenters. The lowest BCUT2D eigenvalue weighted by Gasteiger charge is -2.57. The van der Waals surface area contributed by atoms with Gasteiger partial charge in [0.25, 0.3) is 0 Å². The third kappa shape index (κ3) is 8.10. The number of hydrogen-bond acceptors (Lipinski definition) is 11. The number of nitrogens with zero attached hydrogens (tertiary/aromatic N) is 2. The molecule has 76 heavy (non-hydrogen) atoms. The van der Waals surface area contributed by atoms with E-state index in [1.807, 2.05) is 4.90 Å². The van der Waals surface area contributed by atoms with Crippen LogP contribution in [0.4, 0.5) is 0 Å². The minimum absolute atomic E-state index is 0.00610. The number of guanidine groups is 1. The summed E-state index contributed by atoms with van der Waals surface area (Å²) in [4.78, 5) is 35.7. The first-order valence-electron chi connectivity index (χ1n) is 30.7. The molecule has 12 bridgehead atoms. The number of esters is 1. The van der Waals surface area contributed by atoms with E-state index in [0.717, 1.165) is 86.7 Å². The van der Waals surface area contributed by atoms with Gasteiger partial charge in [0.2, 0.25) is 5.91 Å². The van der Waals surface area contributed by atoms with E-state index in [4.69, 9.17) is 20.2 Å². The maximum Gasteiger partial charge on any atom is 0.303 e. The van der Waals surface area contributed by atoms with Crippen LogP contribution >= 0.6 is 21.6 Å². The van der Waals surface area contributed by atoms with E-state index in [1.165, 1.54) is 89.0 Å². The third-order valence-corrected chi connectivity index (χ3v) is 27.6. The predicted octanol–water partition coefficient (Wildman–Crippen LogP) is 12.6. The minimum Gasteiger partial charge on any atom is -0.504 e. The fourth-order valence-corrected chi connectivity index (χ4v) is 25.0. The van der Waals surface area contributed by atoms with Crippen molar-refractivity contribution in [2.24, 2.45) is 68.4 Å². The van der Waals surface area contributed by atoms with E-state index in [-0.39, 0.29) is 69.5 Å². The summed E-state index contributed by atoms with van der Waals surface area (Å²) in [6.07, 6.45) is 32.0. The van der Waals surface area contributed by atoms with Crippen molar-refractivity contribution in [1.82, 2.24) is 10.2 Å². The second kappa shape index (κ2) is 19.2. The van der Waals surface area contributed by atoms with Gasteiger partial charge in [-0.05, 0) is 193 Å². The molecule has 14 unspecified atom stereocenters. The highest BCUT2D eigenvalue weighted by Crippen LogP contribution is 2.67. The molecule has 8 saturated carbocycles. The van der Waals surface area contributed by atoms with Gasteiger partial charge in [-0.2, -0.15) is 0 Å². The van der Waals surface area contributed by atoms with Gasteiger partial charge < -0.3 is 35.6 Å². The van der Waals surface area contributed by atoms with Crippen molar-refractivity contribution in [3.05, 3.63) is 70.8 Å². The highest BCUT2D eigenvalue weighted by molar-refractivity contribution is 8.77. The number of benzene rings is 2. The van der Waals surface area contributed by atoms with Gasteiger partial charge in [-0.15, -0.1) is 0 Å². The van der Waals surface area contributed by atoms with Crippen molar-refractivity contribution < 1.29 is 29.3 Å². The van der Waals surface area contributed by atoms with Gasteiger partial charge in [0, 0.05) is 84.9 Å². The molecule has 10 nitrogen and oxygen atoms in total. The summed E-state index contributed by atoms with van der Waals surface area (Å²) in [7, 11) is 4.25. The lowest BCUT2D eigenvalue weighted by Crippen LogP contribution is -2.58. The number of carbonyl (C=O) groups excluding carboxylic acids is 2. The Morgan fingerprint density at radius 1 is 0.855 bits per heavy atom. The van der Waals surface area contributed by atoms with E-state index < -0.39 is 17.3 Å². The normalized spacial score (nSPS) is 42.0. The van der Waals surface area contributed by atoms with Crippen LogP contribution in [0.2, 0.25) is 0 Å². The summed E-state index contributed by atoms with van der Waals surface area (Å²) >= 11 is 0. The third-order valence-electron chi connectivity index (χ3n) is 24.3. The number of hydrogen-bond donors (Lipinski definition) is 4. The number of nitrogens with one attached hydrogen (secondary N) is 1. The van der Waals surface area contributed by atoms with Crippen LogP contribution in [-0.4, -0.2) is 74.0 Å². The molecule has 1 amide bonds. The summed E-state index contributed by atoms with van der Waals surface area (Å²) in [6.45, 7) is 3.02. The van der Waals surface area contributed by atoms with Gasteiger partial charge >= 0.3 is 5.97 Å². The number of rotatable bonds is 2. The molecule has 2 aromatic rings. The summed E-state index contributed by atoms with van der Waals surface area (Å²) in [5.74, 6) is 4.82. The highest BCUT2D eigenvalue weighted by atomic mass is 33.1. The SMILES string of the molecule is CC(=O)OC12CC(O)C3C4CCC(CSSC5(CCCC56CCCC6)NC(N)=NCC5CCC(c6ccccc6)C56CC(=O)N(Cc5cc(c7c(c5O)OC58C=CC7CC5CCC8)CC1CCC3C2)C6)C1(CCCC1)C4. The fourth-order valence-electron chi connectivity index (χ4n) is 21.0. The molecule has 9 fully saturated rings. The predicted molar refractivity (Wildman–Crippen MR) is 302 cm³/mol. The highest BCUT2D eigenvalue weighted by Gasteiger charge is 2.61. The van der Waals surface area contributed by atoms with E-state index in [0.29, 0.717) is 73.1 Å². The van der Waals surface area contributed by atoms with Crippen molar-refractivity contribution in [3.63, 3.8) is 0 Å². The van der Waals surface area contributed by atoms with Crippen molar-refractivity contribution in [1.29, 1.82) is 0 Å². The standard InChI is InChI=1S/C64H86N4O6S2/c1-40(69)73-63-33-44-14-16-48(63)31-45-29-46(56(72)57-55(45)42-20-28-62(74-57)26-9-13-47(62)30-42)37-68-39-61(35-53(68)71)49(18-19-51(61)41-11-3-2-4-12-41)36-66-58(65)67-64(27-10-25-60(64)23-7-8-24-60)76-75-38-50-17-15-43(54(44)52(70)34-63)32-59(50)21-5-6-22-59/h2-4,11-12,20,28-29,42-44,47-52,54,70,72H,5-10,13-19,21-27,30-39H2,1H3,(H3,65,66,67). The van der Waals surface area contributed by atoms with Crippen LogP contribution in [0.1, 0.15) is 202 Å². The largest absolute Gasteiger partial charge is 0.504 e. The molecule has 12 heteroatoms. The van der Waals surface area contributed by atoms with Crippen LogP contribution in [0.25, 0.3) is 0 Å². The first-order valence-corrected chi connectivity index (χ1v) is 33.0. The van der Waals surface area contributed by atoms with Crippen LogP contribution in [0.5, 0.6) is 11.5 Å². The first kappa shape index (κ1) is 50.8. The lowest BCUT2D eigenvalue weighted by molar-refractivity contribution is -0.201. The number of ether oxygens (including phenoxy) is 2. The zero-order valence-electron chi connectivity index (χ0n) is 45.4. The number of carbonyl (C=O) groups is 2. The molecule has 1 saturated heterocycles. The van der Waals surface area contributed by atoms with Crippen LogP contribution in [-0.2, 0) is 27.3 Å². The molecule has 410 valence electrons. The van der Waals surface area contributed by atoms with Crippen LogP contribution < -0.4 is 15.8 Å². The van der Waals surface area contributed by atoms with E-state index in [9.17, 15) is 19.8 Å². The van der Waals surface area contributed by atoms with E-state index in [1.54, 1.807) is 6.92 Å². The number of allylic oxidation sites excluding steroid dienone is 1. The number of phenols is 1. The molecule has 9 aliphatic carbocycles. The molecule has 0 aromatic heterocycles. The number of aliphatic hydroxyl groups is 1. The number of amides is 1. The minimum atomic E-state index is -0.778. The zero-order chi connectivity index (χ0) is 51.7. The van der Waals surface area contributed by atoms with Crippen LogP contribution in [0, 0.1) is 57.7 Å². The molecule has 18 rings (SSSR count). The van der Waals surface area contributed by atoms with Gasteiger partial charge in [0.05, 0.1) is 6.10 Å². The molecule has 5 N–H and O–H groups in total. The van der Waals surface area contributed by atoms with E-state index >= 15 is 0 Å². The molecular weight excluding hydrogens is 985 g/mol. The summed E-state index contributed by atoms with van der Waals surface area (Å²) in [5.41, 5.74) is 10.4. The molecule has 0 radical (unpaired) electrons. The summed E-state index contributed by atoms with van der Waals surface area (Å²) < 4.78 is 14.0. The quantitative estimate of drug-likeness (QED) is 0.130. The Bertz CT molecular complexity index is 2640. The molecule has 5 spiro atoms. The number of aliphatic imine (C=N–C) groups is 1. The van der Waals surface area contributed by atoms with Crippen molar-refractivity contribution in [2.45, 2.75) is 214 Å². The fraction of sp³-hybridized carbons (Fsp3) is 0.734. The number of aromatic hydroxyl groups is 1.